The summed E-state index contributed by atoms with van der Waals surface area (Å²) in [5, 5.41) is 25.2. The van der Waals surface area contributed by atoms with E-state index < -0.39 is 12.4 Å². The molecule has 0 radical (unpaired) electrons. The molecule has 0 aliphatic carbocycles. The van der Waals surface area contributed by atoms with Crippen LogP contribution in [0.25, 0.3) is 0 Å². The molecule has 9 heteroatoms. The number of rotatable bonds is 6. The van der Waals surface area contributed by atoms with Gasteiger partial charge in [-0.05, 0) is 20.3 Å². The molecule has 1 N–H and O–H groups in total. The van der Waals surface area contributed by atoms with E-state index in [4.69, 9.17) is 19.4 Å². The molecule has 1 aliphatic heterocycles. The number of aliphatic hydroxyl groups excluding tert-OH is 1. The third kappa shape index (κ3) is 5.47. The first-order valence-electron chi connectivity index (χ1n) is 6.49. The van der Waals surface area contributed by atoms with Crippen LogP contribution in [0.2, 0.25) is 0 Å². The van der Waals surface area contributed by atoms with E-state index in [1.807, 2.05) is 0 Å². The fourth-order valence-corrected chi connectivity index (χ4v) is 1.65. The van der Waals surface area contributed by atoms with Gasteiger partial charge in [0.2, 0.25) is 5.28 Å². The Morgan fingerprint density at radius 3 is 2.75 bits per heavy atom. The van der Waals surface area contributed by atoms with Gasteiger partial charge in [0, 0.05) is 19.4 Å². The Hall–Kier alpha value is -1.77. The Morgan fingerprint density at radius 2 is 2.20 bits per heavy atom. The second kappa shape index (κ2) is 7.73. The Labute approximate surface area is 117 Å². The number of hydrogen-bond acceptors (Lipinski definition) is 7. The minimum absolute atomic E-state index is 0.0335. The van der Waals surface area contributed by atoms with Crippen LogP contribution in [0.4, 0.5) is 4.79 Å². The third-order valence-corrected chi connectivity index (χ3v) is 2.62. The molecule has 1 rings (SSSR count). The van der Waals surface area contributed by atoms with Crippen LogP contribution in [-0.2, 0) is 14.3 Å². The molecule has 0 saturated carbocycles. The highest BCUT2D eigenvalue weighted by Gasteiger charge is 2.27. The van der Waals surface area contributed by atoms with Crippen molar-refractivity contribution in [2.75, 3.05) is 19.7 Å². The topological polar surface area (TPSA) is 107 Å². The molecule has 1 heterocycles. The lowest BCUT2D eigenvalue weighted by molar-refractivity contribution is -0.710. The Morgan fingerprint density at radius 1 is 1.50 bits per heavy atom. The van der Waals surface area contributed by atoms with Crippen molar-refractivity contribution in [3.63, 3.8) is 0 Å². The zero-order valence-electron chi connectivity index (χ0n) is 11.9. The maximum Gasteiger partial charge on any atom is 0.511 e. The van der Waals surface area contributed by atoms with E-state index in [0.29, 0.717) is 18.1 Å². The monoisotopic (exact) mass is 291 g/mol. The first-order valence-corrected chi connectivity index (χ1v) is 6.49. The van der Waals surface area contributed by atoms with Crippen molar-refractivity contribution in [3.8, 4) is 0 Å². The molecule has 2 atom stereocenters. The van der Waals surface area contributed by atoms with Crippen molar-refractivity contribution in [1.82, 2.24) is 5.01 Å². The zero-order valence-corrected chi connectivity index (χ0v) is 11.9. The Kier molecular flexibility index (Phi) is 6.29. The highest BCUT2D eigenvalue weighted by molar-refractivity contribution is 5.60. The molecule has 9 nitrogen and oxygen atoms in total. The van der Waals surface area contributed by atoms with Gasteiger partial charge in [-0.25, -0.2) is 4.79 Å². The first-order chi connectivity index (χ1) is 9.42. The molecule has 0 spiro atoms. The maximum absolute atomic E-state index is 11.6. The lowest BCUT2D eigenvalue weighted by atomic mass is 10.1. The van der Waals surface area contributed by atoms with E-state index in [0.717, 1.165) is 6.42 Å². The van der Waals surface area contributed by atoms with E-state index in [1.54, 1.807) is 13.8 Å². The Balaban J connectivity index is 2.33. The molecule has 116 valence electrons. The predicted octanol–water partition coefficient (Wildman–Crippen LogP) is 1.02. The molecule has 1 fully saturated rings. The number of hydrazine groups is 1. The molecular formula is C11H21N3O6. The second-order valence-electron chi connectivity index (χ2n) is 4.79. The number of aliphatic hydroxyl groups is 1. The highest BCUT2D eigenvalue weighted by Crippen LogP contribution is 2.15. The van der Waals surface area contributed by atoms with Crippen LogP contribution in [0, 0.1) is 11.1 Å². The molecule has 0 aromatic carbocycles. The average Bonchev–Trinajstić information content (AvgIpc) is 2.83. The fourth-order valence-electron chi connectivity index (χ4n) is 1.65. The van der Waals surface area contributed by atoms with Gasteiger partial charge in [0.25, 0.3) is 6.29 Å². The third-order valence-electron chi connectivity index (χ3n) is 2.62. The van der Waals surface area contributed by atoms with Crippen LogP contribution >= 0.6 is 0 Å². The summed E-state index contributed by atoms with van der Waals surface area (Å²) in [7, 11) is 0. The SMILES string of the molecule is CC(C)OC(=O)OC(C)ON=[N+]([O-])N1CCC(CO)C1. The summed E-state index contributed by atoms with van der Waals surface area (Å²) in [5.74, 6) is 0.0661. The van der Waals surface area contributed by atoms with Crippen molar-refractivity contribution >= 4 is 6.16 Å². The quantitative estimate of drug-likeness (QED) is 0.256. The number of ether oxygens (including phenoxy) is 2. The van der Waals surface area contributed by atoms with Crippen LogP contribution in [0.3, 0.4) is 0 Å². The summed E-state index contributed by atoms with van der Waals surface area (Å²) in [4.78, 5) is 16.2. The van der Waals surface area contributed by atoms with Crippen molar-refractivity contribution in [1.29, 1.82) is 0 Å². The summed E-state index contributed by atoms with van der Waals surface area (Å²) in [5.41, 5.74) is 0. The summed E-state index contributed by atoms with van der Waals surface area (Å²) in [6.45, 7) is 5.72. The number of nitrogens with zero attached hydrogens (tertiary/aromatic N) is 3. The lowest BCUT2D eigenvalue weighted by Crippen LogP contribution is -2.29. The van der Waals surface area contributed by atoms with E-state index in [1.165, 1.54) is 11.9 Å². The normalized spacial score (nSPS) is 20.9. The summed E-state index contributed by atoms with van der Waals surface area (Å²) < 4.78 is 9.46. The van der Waals surface area contributed by atoms with Gasteiger partial charge >= 0.3 is 6.16 Å². The standard InChI is InChI=1S/C11H21N3O6/c1-8(2)18-11(16)19-9(3)20-12-14(17)13-5-4-10(6-13)7-15/h8-10,15H,4-7H2,1-3H3. The van der Waals surface area contributed by atoms with Crippen molar-refractivity contribution in [3.05, 3.63) is 5.21 Å². The second-order valence-corrected chi connectivity index (χ2v) is 4.79. The van der Waals surface area contributed by atoms with Crippen molar-refractivity contribution in [2.24, 2.45) is 11.2 Å². The van der Waals surface area contributed by atoms with Crippen molar-refractivity contribution in [2.45, 2.75) is 39.6 Å². The number of carbonyl (C=O) groups is 1. The van der Waals surface area contributed by atoms with Gasteiger partial charge in [0.05, 0.1) is 24.2 Å². The largest absolute Gasteiger partial charge is 0.569 e. The minimum atomic E-state index is -1.03. The first kappa shape index (κ1) is 16.3. The van der Waals surface area contributed by atoms with Gasteiger partial charge in [-0.15, -0.1) is 5.01 Å². The van der Waals surface area contributed by atoms with Gasteiger partial charge in [-0.1, -0.05) is 0 Å². The van der Waals surface area contributed by atoms with Crippen LogP contribution in [-0.4, -0.2) is 53.3 Å². The summed E-state index contributed by atoms with van der Waals surface area (Å²) in [6, 6.07) is 0. The van der Waals surface area contributed by atoms with E-state index >= 15 is 0 Å². The molecule has 0 aromatic rings. The van der Waals surface area contributed by atoms with Crippen LogP contribution in [0.5, 0.6) is 0 Å². The van der Waals surface area contributed by atoms with Gasteiger partial charge < -0.3 is 19.8 Å². The molecule has 0 amide bonds. The molecule has 2 unspecified atom stereocenters. The fraction of sp³-hybridized carbons (Fsp3) is 0.909. The van der Waals surface area contributed by atoms with Crippen LogP contribution in [0.1, 0.15) is 27.2 Å². The lowest BCUT2D eigenvalue weighted by Gasteiger charge is -2.14. The summed E-state index contributed by atoms with van der Waals surface area (Å²) >= 11 is 0. The van der Waals surface area contributed by atoms with Crippen molar-refractivity contribution < 1.29 is 29.2 Å². The molecular weight excluding hydrogens is 270 g/mol. The minimum Gasteiger partial charge on any atom is -0.569 e. The number of carbonyl (C=O) groups excluding carboxylic acids is 1. The van der Waals surface area contributed by atoms with Gasteiger partial charge in [-0.3, -0.25) is 4.84 Å². The molecule has 0 bridgehead atoms. The van der Waals surface area contributed by atoms with E-state index in [2.05, 4.69) is 5.28 Å². The molecule has 1 aliphatic rings. The van der Waals surface area contributed by atoms with E-state index in [9.17, 15) is 10.0 Å². The van der Waals surface area contributed by atoms with Gasteiger partial charge in [-0.2, -0.15) is 0 Å². The van der Waals surface area contributed by atoms with Crippen LogP contribution < -0.4 is 0 Å². The van der Waals surface area contributed by atoms with Gasteiger partial charge in [0.1, 0.15) is 0 Å². The van der Waals surface area contributed by atoms with E-state index in [-0.39, 0.29) is 18.6 Å². The molecule has 1 saturated heterocycles. The number of hydrogen-bond donors (Lipinski definition) is 1. The Bertz CT molecular complexity index is 349. The molecule has 20 heavy (non-hydrogen) atoms. The summed E-state index contributed by atoms with van der Waals surface area (Å²) in [6.07, 6.45) is -1.50. The van der Waals surface area contributed by atoms with Crippen LogP contribution in [0.15, 0.2) is 5.28 Å². The predicted molar refractivity (Wildman–Crippen MR) is 66.1 cm³/mol. The van der Waals surface area contributed by atoms with Gasteiger partial charge in [0.15, 0.2) is 0 Å². The highest BCUT2D eigenvalue weighted by atomic mass is 16.8. The maximum atomic E-state index is 11.6. The average molecular weight is 291 g/mol. The molecule has 0 aromatic heterocycles. The smallest absolute Gasteiger partial charge is 0.511 e. The zero-order chi connectivity index (χ0) is 15.1.